The van der Waals surface area contributed by atoms with Crippen LogP contribution in [-0.4, -0.2) is 25.5 Å². The molecule has 0 saturated carbocycles. The van der Waals surface area contributed by atoms with Gasteiger partial charge >= 0.3 is 0 Å². The van der Waals surface area contributed by atoms with Gasteiger partial charge in [-0.05, 0) is 11.6 Å². The SMILES string of the molecule is COC1=CC=C2CC(=O)CNC2C1. The van der Waals surface area contributed by atoms with Crippen molar-refractivity contribution in [1.29, 1.82) is 0 Å². The number of carbonyl (C=O) groups is 1. The molecule has 0 spiro atoms. The van der Waals surface area contributed by atoms with Gasteiger partial charge in [-0.15, -0.1) is 0 Å². The molecule has 1 saturated heterocycles. The Hall–Kier alpha value is -1.09. The molecule has 2 rings (SSSR count). The van der Waals surface area contributed by atoms with Gasteiger partial charge in [0, 0.05) is 18.9 Å². The summed E-state index contributed by atoms with van der Waals surface area (Å²) in [5.41, 5.74) is 1.19. The first-order valence-electron chi connectivity index (χ1n) is 4.48. The zero-order valence-electron chi connectivity index (χ0n) is 7.67. The fourth-order valence-corrected chi connectivity index (χ4v) is 1.78. The van der Waals surface area contributed by atoms with E-state index in [2.05, 4.69) is 5.32 Å². The quantitative estimate of drug-likeness (QED) is 0.646. The normalized spacial score (nSPS) is 27.5. The van der Waals surface area contributed by atoms with E-state index in [-0.39, 0.29) is 5.78 Å². The Morgan fingerprint density at radius 3 is 3.15 bits per heavy atom. The van der Waals surface area contributed by atoms with Crippen LogP contribution in [0.1, 0.15) is 12.8 Å². The summed E-state index contributed by atoms with van der Waals surface area (Å²) in [5, 5.41) is 3.20. The Morgan fingerprint density at radius 2 is 2.38 bits per heavy atom. The van der Waals surface area contributed by atoms with Gasteiger partial charge in [0.05, 0.1) is 19.4 Å². The fraction of sp³-hybridized carbons (Fsp3) is 0.500. The highest BCUT2D eigenvalue weighted by atomic mass is 16.5. The molecule has 1 fully saturated rings. The number of hydrogen-bond acceptors (Lipinski definition) is 3. The predicted molar refractivity (Wildman–Crippen MR) is 49.2 cm³/mol. The minimum absolute atomic E-state index is 0.275. The maximum Gasteiger partial charge on any atom is 0.150 e. The number of ketones is 1. The molecule has 0 amide bonds. The highest BCUT2D eigenvalue weighted by Gasteiger charge is 2.25. The molecule has 1 N–H and O–H groups in total. The van der Waals surface area contributed by atoms with Crippen molar-refractivity contribution in [1.82, 2.24) is 5.32 Å². The number of allylic oxidation sites excluding steroid dienone is 2. The second-order valence-corrected chi connectivity index (χ2v) is 3.43. The van der Waals surface area contributed by atoms with Crippen LogP contribution >= 0.6 is 0 Å². The summed E-state index contributed by atoms with van der Waals surface area (Å²) in [6.45, 7) is 0.499. The van der Waals surface area contributed by atoms with Crippen LogP contribution in [0.5, 0.6) is 0 Å². The molecule has 3 heteroatoms. The molecule has 1 unspecified atom stereocenters. The van der Waals surface area contributed by atoms with Crippen LogP contribution in [-0.2, 0) is 9.53 Å². The standard InChI is InChI=1S/C10H13NO2/c1-13-9-3-2-7-4-8(12)6-11-10(7)5-9/h2-3,10-11H,4-6H2,1H3. The minimum atomic E-state index is 0.275. The van der Waals surface area contributed by atoms with Crippen LogP contribution in [0.3, 0.4) is 0 Å². The van der Waals surface area contributed by atoms with Gasteiger partial charge in [0.2, 0.25) is 0 Å². The number of rotatable bonds is 1. The molecule has 1 atom stereocenters. The van der Waals surface area contributed by atoms with Gasteiger partial charge in [0.15, 0.2) is 5.78 Å². The van der Waals surface area contributed by atoms with Crippen LogP contribution in [0.15, 0.2) is 23.5 Å². The number of methoxy groups -OCH3 is 1. The van der Waals surface area contributed by atoms with Crippen molar-refractivity contribution in [3.05, 3.63) is 23.5 Å². The molecule has 1 aliphatic heterocycles. The third-order valence-corrected chi connectivity index (χ3v) is 2.55. The van der Waals surface area contributed by atoms with Crippen molar-refractivity contribution in [2.75, 3.05) is 13.7 Å². The lowest BCUT2D eigenvalue weighted by Crippen LogP contribution is -2.42. The number of carbonyl (C=O) groups excluding carboxylic acids is 1. The molecule has 3 nitrogen and oxygen atoms in total. The van der Waals surface area contributed by atoms with E-state index < -0.39 is 0 Å². The number of Topliss-reactive ketones (excluding diaryl/α,β-unsaturated/α-hetero) is 1. The molecule has 2 aliphatic rings. The van der Waals surface area contributed by atoms with Crippen LogP contribution in [0.25, 0.3) is 0 Å². The van der Waals surface area contributed by atoms with Gasteiger partial charge in [-0.3, -0.25) is 4.79 Å². The number of hydrogen-bond donors (Lipinski definition) is 1. The molecule has 13 heavy (non-hydrogen) atoms. The first kappa shape index (κ1) is 8.51. The summed E-state index contributed by atoms with van der Waals surface area (Å²) in [6.07, 6.45) is 5.42. The lowest BCUT2D eigenvalue weighted by atomic mass is 9.90. The van der Waals surface area contributed by atoms with Crippen LogP contribution in [0, 0.1) is 0 Å². The highest BCUT2D eigenvalue weighted by Crippen LogP contribution is 2.24. The molecule has 0 aromatic rings. The molecular weight excluding hydrogens is 166 g/mol. The van der Waals surface area contributed by atoms with Crippen molar-refractivity contribution in [2.45, 2.75) is 18.9 Å². The second kappa shape index (κ2) is 3.34. The van der Waals surface area contributed by atoms with E-state index in [0.29, 0.717) is 19.0 Å². The second-order valence-electron chi connectivity index (χ2n) is 3.43. The van der Waals surface area contributed by atoms with E-state index in [0.717, 1.165) is 12.2 Å². The van der Waals surface area contributed by atoms with E-state index in [9.17, 15) is 4.79 Å². The number of piperidine rings is 1. The predicted octanol–water partition coefficient (Wildman–Crippen LogP) is 0.778. The van der Waals surface area contributed by atoms with E-state index in [4.69, 9.17) is 4.74 Å². The summed E-state index contributed by atoms with van der Waals surface area (Å²) < 4.78 is 5.16. The van der Waals surface area contributed by atoms with Gasteiger partial charge in [-0.2, -0.15) is 0 Å². The molecule has 1 heterocycles. The van der Waals surface area contributed by atoms with Crippen molar-refractivity contribution >= 4 is 5.78 Å². The first-order chi connectivity index (χ1) is 6.29. The number of ether oxygens (including phenoxy) is 1. The monoisotopic (exact) mass is 179 g/mol. The fourth-order valence-electron chi connectivity index (χ4n) is 1.78. The van der Waals surface area contributed by atoms with Gasteiger partial charge in [-0.1, -0.05) is 6.08 Å². The molecule has 0 aromatic heterocycles. The smallest absolute Gasteiger partial charge is 0.150 e. The van der Waals surface area contributed by atoms with Crippen molar-refractivity contribution in [3.8, 4) is 0 Å². The largest absolute Gasteiger partial charge is 0.501 e. The maximum atomic E-state index is 11.1. The lowest BCUT2D eigenvalue weighted by molar-refractivity contribution is -0.118. The van der Waals surface area contributed by atoms with Gasteiger partial charge in [0.1, 0.15) is 0 Å². The van der Waals surface area contributed by atoms with Crippen molar-refractivity contribution in [3.63, 3.8) is 0 Å². The number of fused-ring (bicyclic) bond motifs is 1. The summed E-state index contributed by atoms with van der Waals surface area (Å²) in [5.74, 6) is 1.26. The summed E-state index contributed by atoms with van der Waals surface area (Å²) >= 11 is 0. The third-order valence-electron chi connectivity index (χ3n) is 2.55. The Kier molecular flexibility index (Phi) is 2.19. The lowest BCUT2D eigenvalue weighted by Gasteiger charge is -2.28. The van der Waals surface area contributed by atoms with Crippen molar-refractivity contribution in [2.24, 2.45) is 0 Å². The van der Waals surface area contributed by atoms with E-state index in [1.807, 2.05) is 12.2 Å². The third kappa shape index (κ3) is 1.65. The summed E-state index contributed by atoms with van der Waals surface area (Å²) in [7, 11) is 1.68. The Morgan fingerprint density at radius 1 is 1.54 bits per heavy atom. The van der Waals surface area contributed by atoms with Crippen LogP contribution in [0.2, 0.25) is 0 Å². The van der Waals surface area contributed by atoms with Crippen molar-refractivity contribution < 1.29 is 9.53 Å². The first-order valence-corrected chi connectivity index (χ1v) is 4.48. The van der Waals surface area contributed by atoms with E-state index >= 15 is 0 Å². The molecule has 0 bridgehead atoms. The minimum Gasteiger partial charge on any atom is -0.501 e. The molecule has 0 aromatic carbocycles. The topological polar surface area (TPSA) is 38.3 Å². The van der Waals surface area contributed by atoms with Gasteiger partial charge < -0.3 is 10.1 Å². The Bertz CT molecular complexity index is 291. The average molecular weight is 179 g/mol. The van der Waals surface area contributed by atoms with Gasteiger partial charge in [-0.25, -0.2) is 0 Å². The van der Waals surface area contributed by atoms with E-state index in [1.54, 1.807) is 7.11 Å². The van der Waals surface area contributed by atoms with Crippen LogP contribution < -0.4 is 5.32 Å². The summed E-state index contributed by atoms with van der Waals surface area (Å²) in [4.78, 5) is 11.1. The zero-order chi connectivity index (χ0) is 9.26. The zero-order valence-corrected chi connectivity index (χ0v) is 7.67. The molecule has 70 valence electrons. The Balaban J connectivity index is 2.16. The average Bonchev–Trinajstić information content (AvgIpc) is 2.17. The number of nitrogens with one attached hydrogen (secondary N) is 1. The molecule has 1 aliphatic carbocycles. The van der Waals surface area contributed by atoms with E-state index in [1.165, 1.54) is 5.57 Å². The van der Waals surface area contributed by atoms with Gasteiger partial charge in [0.25, 0.3) is 0 Å². The Labute approximate surface area is 77.5 Å². The maximum absolute atomic E-state index is 11.1. The van der Waals surface area contributed by atoms with Crippen LogP contribution in [0.4, 0.5) is 0 Å². The highest BCUT2D eigenvalue weighted by molar-refractivity contribution is 5.84. The summed E-state index contributed by atoms with van der Waals surface area (Å²) in [6, 6.07) is 0.317. The molecule has 0 radical (unpaired) electrons. The molecular formula is C10H13NO2.